The molecular weight excluding hydrogens is 274 g/mol. The predicted octanol–water partition coefficient (Wildman–Crippen LogP) is 3.28. The van der Waals surface area contributed by atoms with Gasteiger partial charge in [0.15, 0.2) is 0 Å². The average molecular weight is 295 g/mol. The molecule has 1 atom stereocenters. The van der Waals surface area contributed by atoms with Crippen LogP contribution in [-0.2, 0) is 4.79 Å². The number of hydrogen-bond donors (Lipinski definition) is 1. The normalized spacial score (nSPS) is 12.3. The van der Waals surface area contributed by atoms with Crippen molar-refractivity contribution in [2.75, 3.05) is 13.7 Å². The summed E-state index contributed by atoms with van der Waals surface area (Å²) in [5.41, 5.74) is 2.02. The van der Waals surface area contributed by atoms with Gasteiger partial charge in [-0.15, -0.1) is 0 Å². The highest BCUT2D eigenvalue weighted by molar-refractivity contribution is 5.91. The quantitative estimate of drug-likeness (QED) is 0.831. The van der Waals surface area contributed by atoms with E-state index >= 15 is 0 Å². The summed E-state index contributed by atoms with van der Waals surface area (Å²) < 4.78 is 0. The first-order chi connectivity index (χ1) is 10.7. The lowest BCUT2D eigenvalue weighted by Gasteiger charge is -2.27. The number of rotatable bonds is 6. The smallest absolute Gasteiger partial charge is 0.246 e. The zero-order valence-corrected chi connectivity index (χ0v) is 12.7. The maximum absolute atomic E-state index is 12.4. The second-order valence-corrected chi connectivity index (χ2v) is 5.13. The van der Waals surface area contributed by atoms with Gasteiger partial charge >= 0.3 is 0 Å². The summed E-state index contributed by atoms with van der Waals surface area (Å²) in [6.45, 7) is 0.0413. The van der Waals surface area contributed by atoms with Crippen LogP contribution >= 0.6 is 0 Å². The van der Waals surface area contributed by atoms with Gasteiger partial charge in [0.1, 0.15) is 0 Å². The van der Waals surface area contributed by atoms with Gasteiger partial charge in [0.25, 0.3) is 0 Å². The van der Waals surface area contributed by atoms with E-state index in [1.54, 1.807) is 24.1 Å². The second-order valence-electron chi connectivity index (χ2n) is 5.13. The number of carbonyl (C=O) groups is 1. The van der Waals surface area contributed by atoms with E-state index in [0.29, 0.717) is 6.42 Å². The summed E-state index contributed by atoms with van der Waals surface area (Å²) >= 11 is 0. The van der Waals surface area contributed by atoms with Crippen molar-refractivity contribution in [1.82, 2.24) is 4.90 Å². The molecule has 0 spiro atoms. The Hall–Kier alpha value is -2.39. The highest BCUT2D eigenvalue weighted by Gasteiger charge is 2.19. The molecule has 114 valence electrons. The van der Waals surface area contributed by atoms with E-state index in [2.05, 4.69) is 0 Å². The lowest BCUT2D eigenvalue weighted by Crippen LogP contribution is -2.30. The summed E-state index contributed by atoms with van der Waals surface area (Å²) in [4.78, 5) is 14.0. The van der Waals surface area contributed by atoms with Gasteiger partial charge in [0.05, 0.1) is 6.04 Å². The predicted molar refractivity (Wildman–Crippen MR) is 89.1 cm³/mol. The molecule has 0 heterocycles. The van der Waals surface area contributed by atoms with Gasteiger partial charge in [-0.1, -0.05) is 60.7 Å². The average Bonchev–Trinajstić information content (AvgIpc) is 2.58. The van der Waals surface area contributed by atoms with Crippen LogP contribution in [0.25, 0.3) is 6.08 Å². The van der Waals surface area contributed by atoms with Gasteiger partial charge in [-0.3, -0.25) is 4.79 Å². The maximum Gasteiger partial charge on any atom is 0.246 e. The van der Waals surface area contributed by atoms with Crippen molar-refractivity contribution in [3.05, 3.63) is 77.9 Å². The van der Waals surface area contributed by atoms with Gasteiger partial charge < -0.3 is 10.0 Å². The molecule has 2 rings (SSSR count). The molecule has 0 aliphatic carbocycles. The van der Waals surface area contributed by atoms with E-state index in [4.69, 9.17) is 0 Å². The lowest BCUT2D eigenvalue weighted by molar-refractivity contribution is -0.127. The van der Waals surface area contributed by atoms with Crippen molar-refractivity contribution in [2.24, 2.45) is 0 Å². The van der Waals surface area contributed by atoms with E-state index < -0.39 is 0 Å². The molecule has 1 unspecified atom stereocenters. The highest BCUT2D eigenvalue weighted by atomic mass is 16.3. The van der Waals surface area contributed by atoms with Crippen LogP contribution in [0, 0.1) is 0 Å². The Bertz CT molecular complexity index is 608. The van der Waals surface area contributed by atoms with Crippen LogP contribution in [0.2, 0.25) is 0 Å². The van der Waals surface area contributed by atoms with Crippen LogP contribution in [0.15, 0.2) is 66.7 Å². The van der Waals surface area contributed by atoms with Crippen LogP contribution in [0.4, 0.5) is 0 Å². The molecule has 0 aromatic heterocycles. The number of likely N-dealkylation sites (N-methyl/N-ethyl adjacent to an activating group) is 1. The van der Waals surface area contributed by atoms with E-state index in [0.717, 1.165) is 11.1 Å². The SMILES string of the molecule is CN(C(=O)/C=C/c1ccccc1)C(CCO)c1ccccc1. The van der Waals surface area contributed by atoms with Crippen molar-refractivity contribution in [1.29, 1.82) is 0 Å². The third-order valence-electron chi connectivity index (χ3n) is 3.62. The molecule has 0 radical (unpaired) electrons. The summed E-state index contributed by atoms with van der Waals surface area (Å²) in [5.74, 6) is -0.0776. The van der Waals surface area contributed by atoms with Crippen LogP contribution in [-0.4, -0.2) is 29.6 Å². The second kappa shape index (κ2) is 8.15. The Morgan fingerprint density at radius 2 is 1.68 bits per heavy atom. The number of hydrogen-bond acceptors (Lipinski definition) is 2. The zero-order valence-electron chi connectivity index (χ0n) is 12.7. The molecule has 1 N–H and O–H groups in total. The van der Waals surface area contributed by atoms with Crippen molar-refractivity contribution in [3.63, 3.8) is 0 Å². The van der Waals surface area contributed by atoms with Crippen LogP contribution < -0.4 is 0 Å². The molecule has 2 aromatic carbocycles. The molecule has 22 heavy (non-hydrogen) atoms. The van der Waals surface area contributed by atoms with Crippen molar-refractivity contribution in [3.8, 4) is 0 Å². The first-order valence-electron chi connectivity index (χ1n) is 7.38. The monoisotopic (exact) mass is 295 g/mol. The Balaban J connectivity index is 2.11. The van der Waals surface area contributed by atoms with Crippen LogP contribution in [0.3, 0.4) is 0 Å². The fraction of sp³-hybridized carbons (Fsp3) is 0.211. The first-order valence-corrected chi connectivity index (χ1v) is 7.38. The lowest BCUT2D eigenvalue weighted by atomic mass is 10.0. The molecule has 3 heteroatoms. The Labute approximate surface area is 131 Å². The topological polar surface area (TPSA) is 40.5 Å². The molecule has 0 aliphatic heterocycles. The molecule has 1 amide bonds. The molecule has 0 saturated heterocycles. The van der Waals surface area contributed by atoms with E-state index in [1.165, 1.54) is 0 Å². The fourth-order valence-corrected chi connectivity index (χ4v) is 2.38. The number of aliphatic hydroxyl groups is 1. The first kappa shape index (κ1) is 16.0. The van der Waals surface area contributed by atoms with Crippen LogP contribution in [0.1, 0.15) is 23.6 Å². The summed E-state index contributed by atoms with van der Waals surface area (Å²) in [5, 5.41) is 9.28. The number of aliphatic hydroxyl groups excluding tert-OH is 1. The standard InChI is InChI=1S/C19H21NO2/c1-20(18(14-15-21)17-10-6-3-7-11-17)19(22)13-12-16-8-4-2-5-9-16/h2-13,18,21H,14-15H2,1H3/b13-12+. The molecule has 0 saturated carbocycles. The van der Waals surface area contributed by atoms with Gasteiger partial charge in [-0.05, 0) is 23.6 Å². The molecule has 2 aromatic rings. The molecular formula is C19H21NO2. The van der Waals surface area contributed by atoms with Gasteiger partial charge in [0.2, 0.25) is 5.91 Å². The largest absolute Gasteiger partial charge is 0.396 e. The van der Waals surface area contributed by atoms with E-state index in [1.807, 2.05) is 60.7 Å². The summed E-state index contributed by atoms with van der Waals surface area (Å²) in [6.07, 6.45) is 3.90. The van der Waals surface area contributed by atoms with Crippen molar-refractivity contribution >= 4 is 12.0 Å². The van der Waals surface area contributed by atoms with Crippen molar-refractivity contribution in [2.45, 2.75) is 12.5 Å². The van der Waals surface area contributed by atoms with Gasteiger partial charge in [0, 0.05) is 19.7 Å². The fourth-order valence-electron chi connectivity index (χ4n) is 2.38. The minimum atomic E-state index is -0.126. The van der Waals surface area contributed by atoms with E-state index in [-0.39, 0.29) is 18.6 Å². The summed E-state index contributed by atoms with van der Waals surface area (Å²) in [7, 11) is 1.77. The zero-order chi connectivity index (χ0) is 15.8. The van der Waals surface area contributed by atoms with Gasteiger partial charge in [-0.2, -0.15) is 0 Å². The van der Waals surface area contributed by atoms with Gasteiger partial charge in [-0.25, -0.2) is 0 Å². The molecule has 0 fully saturated rings. The summed E-state index contributed by atoms with van der Waals surface area (Å²) in [6, 6.07) is 19.4. The Morgan fingerprint density at radius 1 is 1.09 bits per heavy atom. The maximum atomic E-state index is 12.4. The molecule has 0 bridgehead atoms. The number of nitrogens with zero attached hydrogens (tertiary/aromatic N) is 1. The van der Waals surface area contributed by atoms with Crippen LogP contribution in [0.5, 0.6) is 0 Å². The third kappa shape index (κ3) is 4.30. The highest BCUT2D eigenvalue weighted by Crippen LogP contribution is 2.23. The van der Waals surface area contributed by atoms with Crippen molar-refractivity contribution < 1.29 is 9.90 Å². The minimum Gasteiger partial charge on any atom is -0.396 e. The minimum absolute atomic E-state index is 0.0413. The number of benzene rings is 2. The number of amides is 1. The number of carbonyl (C=O) groups excluding carboxylic acids is 1. The Morgan fingerprint density at radius 3 is 2.27 bits per heavy atom. The third-order valence-corrected chi connectivity index (χ3v) is 3.62. The Kier molecular flexibility index (Phi) is 5.92. The van der Waals surface area contributed by atoms with E-state index in [9.17, 15) is 9.90 Å². The molecule has 3 nitrogen and oxygen atoms in total. The molecule has 0 aliphatic rings.